The third-order valence-electron chi connectivity index (χ3n) is 5.08. The maximum atomic E-state index is 12.0. The van der Waals surface area contributed by atoms with E-state index < -0.39 is 36.5 Å². The molecule has 0 saturated carbocycles. The highest BCUT2D eigenvalue weighted by Gasteiger charge is 2.31. The van der Waals surface area contributed by atoms with Crippen molar-refractivity contribution in [1.29, 1.82) is 0 Å². The van der Waals surface area contributed by atoms with Crippen molar-refractivity contribution >= 4 is 23.8 Å². The highest BCUT2D eigenvalue weighted by molar-refractivity contribution is 7.86. The second kappa shape index (κ2) is 9.17. The Morgan fingerprint density at radius 3 is 2.50 bits per heavy atom. The van der Waals surface area contributed by atoms with Gasteiger partial charge >= 0.3 is 13.6 Å². The van der Waals surface area contributed by atoms with Crippen LogP contribution in [0.25, 0.3) is 0 Å². The van der Waals surface area contributed by atoms with Gasteiger partial charge < -0.3 is 19.6 Å². The molecule has 0 aliphatic carbocycles. The van der Waals surface area contributed by atoms with E-state index in [1.807, 2.05) is 13.8 Å². The van der Waals surface area contributed by atoms with Crippen molar-refractivity contribution in [3.8, 4) is 5.75 Å². The number of hydrogen-bond acceptors (Lipinski definition) is 6. The van der Waals surface area contributed by atoms with E-state index in [-0.39, 0.29) is 30.9 Å². The number of esters is 1. The first-order valence-corrected chi connectivity index (χ1v) is 12.6. The molecule has 0 saturated heterocycles. The lowest BCUT2D eigenvalue weighted by Gasteiger charge is -2.20. The highest BCUT2D eigenvalue weighted by atomic mass is 32.2. The summed E-state index contributed by atoms with van der Waals surface area (Å²) >= 11 is 0. The fourth-order valence-electron chi connectivity index (χ4n) is 3.50. The van der Waals surface area contributed by atoms with Crippen LogP contribution >= 0.6 is 7.60 Å². The summed E-state index contributed by atoms with van der Waals surface area (Å²) in [5.41, 5.74) is 3.74. The van der Waals surface area contributed by atoms with Crippen LogP contribution in [-0.2, 0) is 39.0 Å². The van der Waals surface area contributed by atoms with Gasteiger partial charge in [-0.3, -0.25) is 4.57 Å². The van der Waals surface area contributed by atoms with Crippen molar-refractivity contribution < 1.29 is 37.4 Å². The molecule has 0 fully saturated rings. The molecular formula is C18H27N2O8PS. The van der Waals surface area contributed by atoms with E-state index in [1.54, 1.807) is 13.0 Å². The number of cyclic esters (lactones) is 1. The molecule has 1 aliphatic heterocycles. The number of carbonyl (C=O) groups is 1. The number of nitrogens with zero attached hydrogens (tertiary/aromatic N) is 1. The number of allylic oxidation sites excluding steroid dienone is 1. The summed E-state index contributed by atoms with van der Waals surface area (Å²) in [5.74, 6) is -0.711. The number of nitrogens with two attached hydrogens (primary N) is 1. The SMILES string of the molecule is CCc1c(C)c2c(c(O)c1C/C=C(\C)CN(CCP(=O)(O)O)S(N)(=O)=O)C(=O)OC2. The van der Waals surface area contributed by atoms with Gasteiger partial charge in [-0.25, -0.2) is 9.93 Å². The van der Waals surface area contributed by atoms with Crippen molar-refractivity contribution in [3.63, 3.8) is 0 Å². The van der Waals surface area contributed by atoms with Gasteiger partial charge in [0.15, 0.2) is 0 Å². The maximum absolute atomic E-state index is 12.0. The third-order valence-corrected chi connectivity index (χ3v) is 6.89. The molecule has 2 rings (SSSR count). The molecule has 0 unspecified atom stereocenters. The summed E-state index contributed by atoms with van der Waals surface area (Å²) in [6.45, 7) is 4.97. The molecule has 10 nitrogen and oxygen atoms in total. The van der Waals surface area contributed by atoms with Crippen LogP contribution in [0.3, 0.4) is 0 Å². The Morgan fingerprint density at radius 2 is 1.97 bits per heavy atom. The number of aromatic hydroxyl groups is 1. The lowest BCUT2D eigenvalue weighted by Crippen LogP contribution is -2.39. The number of rotatable bonds is 9. The van der Waals surface area contributed by atoms with Gasteiger partial charge in [-0.15, -0.1) is 0 Å². The molecule has 168 valence electrons. The summed E-state index contributed by atoms with van der Waals surface area (Å²) in [7, 11) is -8.56. The van der Waals surface area contributed by atoms with Gasteiger partial charge in [0.1, 0.15) is 17.9 Å². The van der Waals surface area contributed by atoms with E-state index in [1.165, 1.54) is 0 Å². The first-order chi connectivity index (χ1) is 13.8. The second-order valence-electron chi connectivity index (χ2n) is 7.24. The fraction of sp³-hybridized carbons (Fsp3) is 0.500. The number of fused-ring (bicyclic) bond motifs is 1. The summed E-state index contributed by atoms with van der Waals surface area (Å²) in [5, 5.41) is 15.8. The molecule has 1 aliphatic rings. The largest absolute Gasteiger partial charge is 0.507 e. The molecule has 0 amide bonds. The van der Waals surface area contributed by atoms with Crippen molar-refractivity contribution in [2.24, 2.45) is 5.14 Å². The molecule has 12 heteroatoms. The molecule has 0 radical (unpaired) electrons. The zero-order valence-electron chi connectivity index (χ0n) is 17.1. The van der Waals surface area contributed by atoms with Gasteiger partial charge in [0.2, 0.25) is 0 Å². The van der Waals surface area contributed by atoms with Crippen LogP contribution in [0.5, 0.6) is 5.75 Å². The van der Waals surface area contributed by atoms with E-state index in [2.05, 4.69) is 0 Å². The monoisotopic (exact) mass is 462 g/mol. The zero-order valence-corrected chi connectivity index (χ0v) is 18.8. The molecule has 0 spiro atoms. The molecule has 1 heterocycles. The minimum atomic E-state index is -4.39. The summed E-state index contributed by atoms with van der Waals surface area (Å²) in [6.07, 6.45) is 1.90. The van der Waals surface area contributed by atoms with Gasteiger partial charge in [-0.1, -0.05) is 18.6 Å². The van der Waals surface area contributed by atoms with Crippen molar-refractivity contribution in [3.05, 3.63) is 39.5 Å². The van der Waals surface area contributed by atoms with Gasteiger partial charge in [-0.05, 0) is 37.8 Å². The summed E-state index contributed by atoms with van der Waals surface area (Å²) in [6, 6.07) is 0. The average Bonchev–Trinajstić information content (AvgIpc) is 3.00. The van der Waals surface area contributed by atoms with Crippen molar-refractivity contribution in [1.82, 2.24) is 4.31 Å². The Labute approximate surface area is 175 Å². The maximum Gasteiger partial charge on any atom is 0.342 e. The van der Waals surface area contributed by atoms with Crippen LogP contribution in [0, 0.1) is 6.92 Å². The number of hydrogen-bond donors (Lipinski definition) is 4. The smallest absolute Gasteiger partial charge is 0.342 e. The van der Waals surface area contributed by atoms with Crippen LogP contribution in [0.15, 0.2) is 11.6 Å². The highest BCUT2D eigenvalue weighted by Crippen LogP contribution is 2.38. The van der Waals surface area contributed by atoms with Crippen LogP contribution in [0.2, 0.25) is 0 Å². The molecule has 0 aromatic heterocycles. The van der Waals surface area contributed by atoms with Crippen LogP contribution in [0.1, 0.15) is 46.5 Å². The summed E-state index contributed by atoms with van der Waals surface area (Å²) in [4.78, 5) is 30.0. The predicted octanol–water partition coefficient (Wildman–Crippen LogP) is 1.11. The zero-order chi connectivity index (χ0) is 22.9. The van der Waals surface area contributed by atoms with Crippen molar-refractivity contribution in [2.45, 2.75) is 40.2 Å². The Bertz CT molecular complexity index is 1030. The van der Waals surface area contributed by atoms with E-state index in [0.717, 1.165) is 15.4 Å². The standard InChI is InChI=1S/C18H27N2O8PS/c1-4-13-12(3)15-10-28-18(22)16(15)17(21)14(13)6-5-11(2)9-20(30(19,26)27)7-8-29(23,24)25/h5,21H,4,6-10H2,1-3H3,(H2,19,26,27)(H2,23,24,25)/b11-5+. The summed E-state index contributed by atoms with van der Waals surface area (Å²) < 4.78 is 40.4. The number of ether oxygens (including phenoxy) is 1. The number of carbonyl (C=O) groups excluding carboxylic acids is 1. The minimum absolute atomic E-state index is 0.124. The molecule has 0 bridgehead atoms. The molecule has 1 aromatic carbocycles. The molecular weight excluding hydrogens is 435 g/mol. The Morgan fingerprint density at radius 1 is 1.33 bits per heavy atom. The van der Waals surface area contributed by atoms with Crippen LogP contribution < -0.4 is 5.14 Å². The first-order valence-electron chi connectivity index (χ1n) is 9.27. The van der Waals surface area contributed by atoms with Gasteiger partial charge in [0, 0.05) is 24.2 Å². The molecule has 30 heavy (non-hydrogen) atoms. The van der Waals surface area contributed by atoms with Gasteiger partial charge in [0.05, 0.1) is 6.16 Å². The quantitative estimate of drug-likeness (QED) is 0.240. The molecule has 0 atom stereocenters. The average molecular weight is 462 g/mol. The predicted molar refractivity (Wildman–Crippen MR) is 110 cm³/mol. The van der Waals surface area contributed by atoms with E-state index >= 15 is 0 Å². The van der Waals surface area contributed by atoms with Gasteiger partial charge in [0.25, 0.3) is 10.2 Å². The normalized spacial score (nSPS) is 14.9. The van der Waals surface area contributed by atoms with E-state index in [4.69, 9.17) is 19.7 Å². The van der Waals surface area contributed by atoms with E-state index in [9.17, 15) is 22.9 Å². The number of phenols is 1. The number of benzene rings is 1. The van der Waals surface area contributed by atoms with Crippen molar-refractivity contribution in [2.75, 3.05) is 19.3 Å². The lowest BCUT2D eigenvalue weighted by molar-refractivity contribution is 0.0533. The second-order valence-corrected chi connectivity index (χ2v) is 10.6. The third kappa shape index (κ3) is 5.69. The van der Waals surface area contributed by atoms with Gasteiger partial charge in [-0.2, -0.15) is 12.7 Å². The van der Waals surface area contributed by atoms with Crippen LogP contribution in [0.4, 0.5) is 0 Å². The molecule has 1 aromatic rings. The minimum Gasteiger partial charge on any atom is -0.507 e. The lowest BCUT2D eigenvalue weighted by atomic mass is 9.89. The Kier molecular flexibility index (Phi) is 7.49. The van der Waals surface area contributed by atoms with Crippen LogP contribution in [-0.4, -0.2) is 52.8 Å². The topological polar surface area (TPSA) is 167 Å². The Hall–Kier alpha value is -1.75. The number of phenolic OH excluding ortho intramolecular Hbond substituents is 1. The Balaban J connectivity index is 2.30. The first kappa shape index (κ1) is 24.5. The molecule has 5 N–H and O–H groups in total. The fourth-order valence-corrected chi connectivity index (χ4v) is 4.87. The van der Waals surface area contributed by atoms with E-state index in [0.29, 0.717) is 23.1 Å².